The minimum atomic E-state index is -0.183. The average Bonchev–Trinajstić information content (AvgIpc) is 2.84. The summed E-state index contributed by atoms with van der Waals surface area (Å²) in [6, 6.07) is 46.6. The molecule has 0 unspecified atom stereocenters. The van der Waals surface area contributed by atoms with Crippen LogP contribution in [0.4, 0.5) is 0 Å². The zero-order valence-corrected chi connectivity index (χ0v) is 19.8. The molecule has 0 heterocycles. The summed E-state index contributed by atoms with van der Waals surface area (Å²) < 4.78 is 0. The van der Waals surface area contributed by atoms with E-state index in [0.29, 0.717) is 0 Å². The minimum Gasteiger partial charge on any atom is -1.00 e. The summed E-state index contributed by atoms with van der Waals surface area (Å²) in [5, 5.41) is 7.72. The lowest BCUT2D eigenvalue weighted by Crippen LogP contribution is -3.00. The van der Waals surface area contributed by atoms with Gasteiger partial charge in [-0.1, -0.05) is 72.8 Å². The molecule has 0 bridgehead atoms. The van der Waals surface area contributed by atoms with Gasteiger partial charge in [0, 0.05) is 18.2 Å². The average molecular weight is 493 g/mol. The van der Waals surface area contributed by atoms with Crippen LogP contribution in [0.1, 0.15) is 0 Å². The highest BCUT2D eigenvalue weighted by atomic mass is 79.9. The lowest BCUT2D eigenvalue weighted by molar-refractivity contribution is -0.00000583. The van der Waals surface area contributed by atoms with Gasteiger partial charge < -0.3 is 17.0 Å². The third-order valence-corrected chi connectivity index (χ3v) is 8.05. The van der Waals surface area contributed by atoms with Gasteiger partial charge in [0.1, 0.15) is 0 Å². The Hall–Kier alpha value is -3.07. The van der Waals surface area contributed by atoms with E-state index >= 15 is 0 Å². The number of hydrogen-bond donors (Lipinski definition) is 0. The quantitative estimate of drug-likeness (QED) is 0.296. The largest absolute Gasteiger partial charge is 1.00 e. The summed E-state index contributed by atoms with van der Waals surface area (Å²) in [7, 11) is -0.183. The Labute approximate surface area is 201 Å². The molecule has 0 aliphatic carbocycles. The smallest absolute Gasteiger partial charge is 0.167 e. The third kappa shape index (κ3) is 3.81. The highest BCUT2D eigenvalue weighted by molar-refractivity contribution is 7.97. The number of benzene rings is 6. The fourth-order valence-electron chi connectivity index (χ4n) is 4.29. The molecule has 0 amide bonds. The molecule has 0 radical (unpaired) electrons. The molecule has 6 aromatic rings. The summed E-state index contributed by atoms with van der Waals surface area (Å²) in [5.74, 6) is 0. The number of rotatable bonds is 3. The molecule has 0 nitrogen and oxygen atoms in total. The van der Waals surface area contributed by atoms with Crippen molar-refractivity contribution in [2.45, 2.75) is 14.7 Å². The van der Waals surface area contributed by atoms with Gasteiger partial charge in [0.2, 0.25) is 0 Å². The first-order valence-corrected chi connectivity index (χ1v) is 11.8. The molecule has 0 saturated carbocycles. The van der Waals surface area contributed by atoms with E-state index < -0.39 is 0 Å². The highest BCUT2D eigenvalue weighted by Crippen LogP contribution is 2.35. The van der Waals surface area contributed by atoms with Crippen LogP contribution in [0.15, 0.2) is 142 Å². The lowest BCUT2D eigenvalue weighted by Gasteiger charge is -2.11. The Bertz CT molecular complexity index is 1360. The summed E-state index contributed by atoms with van der Waals surface area (Å²) in [6.07, 6.45) is 0. The van der Waals surface area contributed by atoms with Crippen molar-refractivity contribution in [2.24, 2.45) is 0 Å². The summed E-state index contributed by atoms with van der Waals surface area (Å²) in [5.41, 5.74) is 0. The van der Waals surface area contributed by atoms with E-state index in [1.54, 1.807) is 0 Å². The van der Waals surface area contributed by atoms with E-state index in [9.17, 15) is 0 Å². The van der Waals surface area contributed by atoms with E-state index in [1.807, 2.05) is 0 Å². The lowest BCUT2D eigenvalue weighted by atomic mass is 10.1. The standard InChI is InChI=1S/C30H21S.BrH/c1-4-10-25-19-28(16-13-22(25)7-1)31(29-17-14-23-8-2-5-11-26(23)20-29)30-18-15-24-9-3-6-12-27(24)21-30;/h1-21H;1H/q+1;/p-1. The molecule has 0 spiro atoms. The molecule has 0 aliphatic rings. The predicted molar refractivity (Wildman–Crippen MR) is 134 cm³/mol. The van der Waals surface area contributed by atoms with Crippen molar-refractivity contribution in [1.29, 1.82) is 0 Å². The van der Waals surface area contributed by atoms with Gasteiger partial charge in [-0.3, -0.25) is 0 Å². The van der Waals surface area contributed by atoms with Gasteiger partial charge in [0.05, 0.1) is 10.9 Å². The number of fused-ring (bicyclic) bond motifs is 3. The Kier molecular flexibility index (Phi) is 5.73. The molecule has 2 heteroatoms. The zero-order chi connectivity index (χ0) is 20.6. The Balaban J connectivity index is 0.00000216. The van der Waals surface area contributed by atoms with Gasteiger partial charge >= 0.3 is 0 Å². The van der Waals surface area contributed by atoms with E-state index in [-0.39, 0.29) is 27.9 Å². The van der Waals surface area contributed by atoms with Crippen molar-refractivity contribution in [3.05, 3.63) is 127 Å². The van der Waals surface area contributed by atoms with Gasteiger partial charge in [-0.05, 0) is 68.7 Å². The van der Waals surface area contributed by atoms with Crippen LogP contribution in [0.3, 0.4) is 0 Å². The first kappa shape index (κ1) is 20.8. The zero-order valence-electron chi connectivity index (χ0n) is 17.4. The maximum Gasteiger partial charge on any atom is 0.167 e. The number of halogens is 1. The third-order valence-electron chi connectivity index (χ3n) is 5.87. The number of hydrogen-bond acceptors (Lipinski definition) is 0. The first-order chi connectivity index (χ1) is 15.3. The molecule has 6 aromatic carbocycles. The Morgan fingerprint density at radius 3 is 0.906 bits per heavy atom. The SMILES string of the molecule is [Br-].c1ccc2cc([S+](c3ccc4ccccc4c3)c3ccc4ccccc4c3)ccc2c1. The van der Waals surface area contributed by atoms with Crippen molar-refractivity contribution in [2.75, 3.05) is 0 Å². The molecule has 0 fully saturated rings. The van der Waals surface area contributed by atoms with Gasteiger partial charge in [0.15, 0.2) is 14.7 Å². The van der Waals surface area contributed by atoms with Crippen LogP contribution in [0.25, 0.3) is 32.3 Å². The minimum absolute atomic E-state index is 0. The van der Waals surface area contributed by atoms with E-state index in [0.717, 1.165) is 0 Å². The fourth-order valence-corrected chi connectivity index (χ4v) is 6.45. The first-order valence-electron chi connectivity index (χ1n) is 10.6. The topological polar surface area (TPSA) is 0 Å². The molecular formula is C30H21BrS. The highest BCUT2D eigenvalue weighted by Gasteiger charge is 2.29. The fraction of sp³-hybridized carbons (Fsp3) is 0. The van der Waals surface area contributed by atoms with Crippen molar-refractivity contribution in [3.63, 3.8) is 0 Å². The molecule has 154 valence electrons. The molecule has 0 N–H and O–H groups in total. The van der Waals surface area contributed by atoms with Gasteiger partial charge in [-0.15, -0.1) is 0 Å². The summed E-state index contributed by atoms with van der Waals surface area (Å²) in [6.45, 7) is 0. The van der Waals surface area contributed by atoms with Crippen molar-refractivity contribution >= 4 is 43.2 Å². The Morgan fingerprint density at radius 2 is 0.594 bits per heavy atom. The van der Waals surface area contributed by atoms with Gasteiger partial charge in [-0.25, -0.2) is 0 Å². The Morgan fingerprint density at radius 1 is 0.312 bits per heavy atom. The second kappa shape index (κ2) is 8.82. The van der Waals surface area contributed by atoms with Crippen molar-refractivity contribution < 1.29 is 17.0 Å². The monoisotopic (exact) mass is 492 g/mol. The molecule has 6 rings (SSSR count). The normalized spacial score (nSPS) is 11.2. The van der Waals surface area contributed by atoms with E-state index in [2.05, 4.69) is 127 Å². The molecule has 0 atom stereocenters. The van der Waals surface area contributed by atoms with Crippen LogP contribution in [0.5, 0.6) is 0 Å². The van der Waals surface area contributed by atoms with Gasteiger partial charge in [0.25, 0.3) is 0 Å². The van der Waals surface area contributed by atoms with Crippen LogP contribution in [-0.2, 0) is 10.9 Å². The van der Waals surface area contributed by atoms with Crippen LogP contribution in [0, 0.1) is 0 Å². The van der Waals surface area contributed by atoms with Crippen molar-refractivity contribution in [3.8, 4) is 0 Å². The van der Waals surface area contributed by atoms with E-state index in [4.69, 9.17) is 0 Å². The van der Waals surface area contributed by atoms with Crippen LogP contribution in [-0.4, -0.2) is 0 Å². The molecule has 0 saturated heterocycles. The maximum absolute atomic E-state index is 2.36. The van der Waals surface area contributed by atoms with E-state index in [1.165, 1.54) is 47.0 Å². The molecular weight excluding hydrogens is 472 g/mol. The predicted octanol–water partition coefficient (Wildman–Crippen LogP) is 5.25. The second-order valence-corrected chi connectivity index (χ2v) is 9.86. The maximum atomic E-state index is 2.36. The summed E-state index contributed by atoms with van der Waals surface area (Å²) >= 11 is 0. The van der Waals surface area contributed by atoms with Crippen LogP contribution in [0.2, 0.25) is 0 Å². The van der Waals surface area contributed by atoms with Gasteiger partial charge in [-0.2, -0.15) is 0 Å². The molecule has 32 heavy (non-hydrogen) atoms. The van der Waals surface area contributed by atoms with Crippen LogP contribution >= 0.6 is 0 Å². The van der Waals surface area contributed by atoms with Crippen LogP contribution < -0.4 is 17.0 Å². The molecule has 0 aromatic heterocycles. The summed E-state index contributed by atoms with van der Waals surface area (Å²) in [4.78, 5) is 4.05. The van der Waals surface area contributed by atoms with Crippen molar-refractivity contribution in [1.82, 2.24) is 0 Å². The molecule has 0 aliphatic heterocycles. The second-order valence-electron chi connectivity index (χ2n) is 7.83.